The molecule has 0 fully saturated rings. The van der Waals surface area contributed by atoms with E-state index in [1.807, 2.05) is 0 Å². The van der Waals surface area contributed by atoms with E-state index in [0.717, 1.165) is 12.7 Å². The van der Waals surface area contributed by atoms with Crippen molar-refractivity contribution in [3.8, 4) is 0 Å². The third kappa shape index (κ3) is 1.79. The van der Waals surface area contributed by atoms with E-state index in [0.29, 0.717) is 5.92 Å². The molecule has 1 aromatic rings. The first kappa shape index (κ1) is 11.4. The molecule has 16 heavy (non-hydrogen) atoms. The molecule has 1 atom stereocenters. The average Bonchev–Trinajstić information content (AvgIpc) is 2.29. The Hall–Kier alpha value is -1.11. The van der Waals surface area contributed by atoms with Gasteiger partial charge in [0.25, 0.3) is 0 Å². The molecule has 2 rings (SSSR count). The van der Waals surface area contributed by atoms with E-state index in [-0.39, 0.29) is 5.41 Å². The summed E-state index contributed by atoms with van der Waals surface area (Å²) in [5.74, 6) is 0.397. The van der Waals surface area contributed by atoms with Gasteiger partial charge >= 0.3 is 0 Å². The summed E-state index contributed by atoms with van der Waals surface area (Å²) in [7, 11) is 0. The molecule has 1 heteroatoms. The molecule has 1 aromatic carbocycles. The fourth-order valence-corrected chi connectivity index (χ4v) is 2.89. The summed E-state index contributed by atoms with van der Waals surface area (Å²) in [6.07, 6.45) is 4.64. The SMILES string of the molecule is Cc1cccc2c1CCCC2C(C)(C)C=O. The molecule has 0 bridgehead atoms. The van der Waals surface area contributed by atoms with E-state index in [4.69, 9.17) is 0 Å². The third-order valence-corrected chi connectivity index (χ3v) is 3.94. The van der Waals surface area contributed by atoms with Gasteiger partial charge in [-0.25, -0.2) is 0 Å². The Morgan fingerprint density at radius 2 is 2.12 bits per heavy atom. The molecule has 0 saturated heterocycles. The number of aldehydes is 1. The molecule has 0 spiro atoms. The van der Waals surface area contributed by atoms with E-state index >= 15 is 0 Å². The summed E-state index contributed by atoms with van der Waals surface area (Å²) in [6, 6.07) is 6.50. The lowest BCUT2D eigenvalue weighted by molar-refractivity contribution is -0.115. The van der Waals surface area contributed by atoms with Crippen LogP contribution >= 0.6 is 0 Å². The standard InChI is InChI=1S/C15H20O/c1-11-6-4-8-13-12(11)7-5-9-14(13)15(2,3)10-16/h4,6,8,10,14H,5,7,9H2,1-3H3. The number of hydrogen-bond donors (Lipinski definition) is 0. The van der Waals surface area contributed by atoms with Gasteiger partial charge in [-0.1, -0.05) is 32.0 Å². The zero-order chi connectivity index (χ0) is 11.8. The molecule has 0 heterocycles. The van der Waals surface area contributed by atoms with E-state index in [2.05, 4.69) is 39.0 Å². The van der Waals surface area contributed by atoms with Crippen LogP contribution in [0, 0.1) is 12.3 Å². The van der Waals surface area contributed by atoms with Crippen molar-refractivity contribution >= 4 is 6.29 Å². The summed E-state index contributed by atoms with van der Waals surface area (Å²) < 4.78 is 0. The predicted molar refractivity (Wildman–Crippen MR) is 66.7 cm³/mol. The van der Waals surface area contributed by atoms with Crippen LogP contribution in [0.2, 0.25) is 0 Å². The maximum Gasteiger partial charge on any atom is 0.126 e. The lowest BCUT2D eigenvalue weighted by Crippen LogP contribution is -2.27. The van der Waals surface area contributed by atoms with Crippen LogP contribution < -0.4 is 0 Å². The van der Waals surface area contributed by atoms with Crippen molar-refractivity contribution in [2.45, 2.75) is 46.0 Å². The number of carbonyl (C=O) groups excluding carboxylic acids is 1. The summed E-state index contributed by atoms with van der Waals surface area (Å²) in [4.78, 5) is 11.2. The van der Waals surface area contributed by atoms with Gasteiger partial charge in [0.1, 0.15) is 6.29 Å². The monoisotopic (exact) mass is 216 g/mol. The second-order valence-corrected chi connectivity index (χ2v) is 5.53. The summed E-state index contributed by atoms with van der Waals surface area (Å²) in [5.41, 5.74) is 4.03. The fourth-order valence-electron chi connectivity index (χ4n) is 2.89. The number of hydrogen-bond acceptors (Lipinski definition) is 1. The molecule has 0 N–H and O–H groups in total. The van der Waals surface area contributed by atoms with Crippen LogP contribution in [0.1, 0.15) is 49.3 Å². The van der Waals surface area contributed by atoms with Crippen LogP contribution in [0.3, 0.4) is 0 Å². The Morgan fingerprint density at radius 1 is 1.38 bits per heavy atom. The van der Waals surface area contributed by atoms with Gasteiger partial charge in [0.05, 0.1) is 0 Å². The summed E-state index contributed by atoms with van der Waals surface area (Å²) >= 11 is 0. The number of fused-ring (bicyclic) bond motifs is 1. The Morgan fingerprint density at radius 3 is 2.81 bits per heavy atom. The second-order valence-electron chi connectivity index (χ2n) is 5.53. The van der Waals surface area contributed by atoms with Gasteiger partial charge in [-0.15, -0.1) is 0 Å². The van der Waals surface area contributed by atoms with Gasteiger partial charge in [0.15, 0.2) is 0 Å². The molecule has 0 saturated carbocycles. The van der Waals surface area contributed by atoms with Gasteiger partial charge in [-0.2, -0.15) is 0 Å². The molecule has 1 aliphatic rings. The van der Waals surface area contributed by atoms with E-state index in [1.165, 1.54) is 29.5 Å². The Labute approximate surface area is 97.9 Å². The first-order valence-electron chi connectivity index (χ1n) is 6.11. The lowest BCUT2D eigenvalue weighted by atomic mass is 9.68. The van der Waals surface area contributed by atoms with Crippen molar-refractivity contribution < 1.29 is 4.79 Å². The van der Waals surface area contributed by atoms with Gasteiger partial charge in [0.2, 0.25) is 0 Å². The van der Waals surface area contributed by atoms with Gasteiger partial charge in [-0.3, -0.25) is 0 Å². The zero-order valence-electron chi connectivity index (χ0n) is 10.4. The highest BCUT2D eigenvalue weighted by atomic mass is 16.1. The van der Waals surface area contributed by atoms with Crippen molar-refractivity contribution in [1.82, 2.24) is 0 Å². The smallest absolute Gasteiger partial charge is 0.126 e. The topological polar surface area (TPSA) is 17.1 Å². The van der Waals surface area contributed by atoms with Crippen LogP contribution in [-0.4, -0.2) is 6.29 Å². The highest BCUT2D eigenvalue weighted by molar-refractivity contribution is 5.61. The molecule has 0 aliphatic heterocycles. The molecular weight excluding hydrogens is 196 g/mol. The van der Waals surface area contributed by atoms with Crippen molar-refractivity contribution in [3.63, 3.8) is 0 Å². The van der Waals surface area contributed by atoms with Crippen LogP contribution in [-0.2, 0) is 11.2 Å². The maximum atomic E-state index is 11.2. The molecule has 1 nitrogen and oxygen atoms in total. The minimum absolute atomic E-state index is 0.233. The Kier molecular flexibility index (Phi) is 2.88. The predicted octanol–water partition coefficient (Wildman–Crippen LogP) is 3.64. The molecule has 1 unspecified atom stereocenters. The van der Waals surface area contributed by atoms with E-state index < -0.39 is 0 Å². The van der Waals surface area contributed by atoms with E-state index in [1.54, 1.807) is 0 Å². The van der Waals surface area contributed by atoms with Crippen LogP contribution in [0.25, 0.3) is 0 Å². The number of aryl methyl sites for hydroxylation is 1. The number of carbonyl (C=O) groups is 1. The van der Waals surface area contributed by atoms with Gasteiger partial charge in [0, 0.05) is 5.41 Å². The molecule has 0 aromatic heterocycles. The summed E-state index contributed by atoms with van der Waals surface area (Å²) in [5, 5.41) is 0. The molecule has 1 aliphatic carbocycles. The fraction of sp³-hybridized carbons (Fsp3) is 0.533. The number of rotatable bonds is 2. The van der Waals surface area contributed by atoms with Crippen LogP contribution in [0.5, 0.6) is 0 Å². The average molecular weight is 216 g/mol. The van der Waals surface area contributed by atoms with Crippen LogP contribution in [0.4, 0.5) is 0 Å². The zero-order valence-corrected chi connectivity index (χ0v) is 10.4. The lowest BCUT2D eigenvalue weighted by Gasteiger charge is -2.35. The third-order valence-electron chi connectivity index (χ3n) is 3.94. The molecular formula is C15H20O. The second kappa shape index (κ2) is 4.04. The molecule has 0 amide bonds. The largest absolute Gasteiger partial charge is 0.303 e. The Balaban J connectivity index is 2.48. The normalized spacial score (nSPS) is 20.3. The van der Waals surface area contributed by atoms with Gasteiger partial charge < -0.3 is 4.79 Å². The van der Waals surface area contributed by atoms with Crippen LogP contribution in [0.15, 0.2) is 18.2 Å². The van der Waals surface area contributed by atoms with E-state index in [9.17, 15) is 4.79 Å². The summed E-state index contributed by atoms with van der Waals surface area (Å²) in [6.45, 7) is 6.29. The number of benzene rings is 1. The van der Waals surface area contributed by atoms with Crippen molar-refractivity contribution in [3.05, 3.63) is 34.9 Å². The van der Waals surface area contributed by atoms with Gasteiger partial charge in [-0.05, 0) is 48.8 Å². The maximum absolute atomic E-state index is 11.2. The quantitative estimate of drug-likeness (QED) is 0.690. The first-order valence-corrected chi connectivity index (χ1v) is 6.11. The van der Waals surface area contributed by atoms with Crippen molar-refractivity contribution in [2.75, 3.05) is 0 Å². The molecule has 0 radical (unpaired) electrons. The first-order chi connectivity index (χ1) is 7.56. The van der Waals surface area contributed by atoms with Crippen molar-refractivity contribution in [1.29, 1.82) is 0 Å². The highest BCUT2D eigenvalue weighted by Gasteiger charge is 2.33. The van der Waals surface area contributed by atoms with Crippen molar-refractivity contribution in [2.24, 2.45) is 5.41 Å². The highest BCUT2D eigenvalue weighted by Crippen LogP contribution is 2.43. The molecule has 86 valence electrons. The minimum Gasteiger partial charge on any atom is -0.303 e. The Bertz CT molecular complexity index is 404. The minimum atomic E-state index is -0.233.